The SMILES string of the molecule is Cn1cc(-c2ccc(CN3Cc4ccccc4C3C=O)c(F)c2)cn1. The second-order valence-corrected chi connectivity index (χ2v) is 6.39. The molecule has 4 nitrogen and oxygen atoms in total. The molecule has 1 unspecified atom stereocenters. The molecule has 2 aromatic carbocycles. The normalized spacial score (nSPS) is 16.8. The predicted molar refractivity (Wildman–Crippen MR) is 93.1 cm³/mol. The number of nitrogens with zero attached hydrogens (tertiary/aromatic N) is 3. The van der Waals surface area contributed by atoms with Gasteiger partial charge in [-0.2, -0.15) is 5.10 Å². The van der Waals surface area contributed by atoms with Crippen molar-refractivity contribution in [3.63, 3.8) is 0 Å². The number of aldehydes is 1. The monoisotopic (exact) mass is 335 g/mol. The number of rotatable bonds is 4. The van der Waals surface area contributed by atoms with Gasteiger partial charge in [0.05, 0.1) is 12.2 Å². The molecule has 0 aliphatic carbocycles. The Morgan fingerprint density at radius 2 is 2.08 bits per heavy atom. The van der Waals surface area contributed by atoms with Crippen LogP contribution in [0.5, 0.6) is 0 Å². The third kappa shape index (κ3) is 2.87. The van der Waals surface area contributed by atoms with Crippen LogP contribution in [0.1, 0.15) is 22.7 Å². The minimum atomic E-state index is -0.311. The number of hydrogen-bond acceptors (Lipinski definition) is 3. The molecule has 0 radical (unpaired) electrons. The van der Waals surface area contributed by atoms with Crippen LogP contribution in [-0.2, 0) is 24.9 Å². The molecule has 0 saturated heterocycles. The average Bonchev–Trinajstić information content (AvgIpc) is 3.19. The maximum atomic E-state index is 14.6. The van der Waals surface area contributed by atoms with E-state index >= 15 is 0 Å². The van der Waals surface area contributed by atoms with E-state index in [4.69, 9.17) is 0 Å². The van der Waals surface area contributed by atoms with E-state index in [9.17, 15) is 9.18 Å². The first kappa shape index (κ1) is 15.7. The van der Waals surface area contributed by atoms with Gasteiger partial charge in [0.25, 0.3) is 0 Å². The predicted octanol–water partition coefficient (Wildman–Crippen LogP) is 3.48. The van der Waals surface area contributed by atoms with E-state index in [-0.39, 0.29) is 11.9 Å². The third-order valence-electron chi connectivity index (χ3n) is 4.73. The van der Waals surface area contributed by atoms with Gasteiger partial charge in [0, 0.05) is 37.5 Å². The van der Waals surface area contributed by atoms with Crippen molar-refractivity contribution in [3.8, 4) is 11.1 Å². The highest BCUT2D eigenvalue weighted by atomic mass is 19.1. The zero-order valence-corrected chi connectivity index (χ0v) is 13.9. The molecule has 1 aliphatic rings. The molecule has 126 valence electrons. The van der Waals surface area contributed by atoms with E-state index in [1.165, 1.54) is 6.07 Å². The lowest BCUT2D eigenvalue weighted by molar-refractivity contribution is -0.112. The highest BCUT2D eigenvalue weighted by Gasteiger charge is 2.29. The van der Waals surface area contributed by atoms with E-state index in [1.807, 2.05) is 48.5 Å². The zero-order chi connectivity index (χ0) is 17.4. The van der Waals surface area contributed by atoms with Crippen LogP contribution in [0.25, 0.3) is 11.1 Å². The number of aryl methyl sites for hydroxylation is 1. The van der Waals surface area contributed by atoms with Gasteiger partial charge in [0.1, 0.15) is 12.1 Å². The minimum absolute atomic E-state index is 0.262. The Morgan fingerprint density at radius 3 is 2.80 bits per heavy atom. The van der Waals surface area contributed by atoms with Gasteiger partial charge in [-0.15, -0.1) is 0 Å². The summed E-state index contributed by atoms with van der Waals surface area (Å²) in [5.41, 5.74) is 4.42. The second kappa shape index (κ2) is 6.26. The molecule has 2 heterocycles. The van der Waals surface area contributed by atoms with E-state index in [2.05, 4.69) is 5.10 Å². The average molecular weight is 335 g/mol. The highest BCUT2D eigenvalue weighted by Crippen LogP contribution is 2.34. The van der Waals surface area contributed by atoms with E-state index in [0.29, 0.717) is 18.7 Å². The fraction of sp³-hybridized carbons (Fsp3) is 0.200. The van der Waals surface area contributed by atoms with Crippen molar-refractivity contribution in [3.05, 3.63) is 77.4 Å². The molecule has 0 spiro atoms. The number of carbonyl (C=O) groups excluding carboxylic acids is 1. The molecule has 1 atom stereocenters. The Kier molecular flexibility index (Phi) is 3.93. The maximum Gasteiger partial charge on any atom is 0.141 e. The summed E-state index contributed by atoms with van der Waals surface area (Å²) in [6.07, 6.45) is 4.51. The maximum absolute atomic E-state index is 14.6. The molecule has 1 aromatic heterocycles. The van der Waals surface area contributed by atoms with E-state index in [1.54, 1.807) is 16.9 Å². The molecule has 3 aromatic rings. The smallest absolute Gasteiger partial charge is 0.141 e. The minimum Gasteiger partial charge on any atom is -0.301 e. The molecule has 0 fully saturated rings. The largest absolute Gasteiger partial charge is 0.301 e. The van der Waals surface area contributed by atoms with Crippen LogP contribution in [0, 0.1) is 5.82 Å². The first-order valence-electron chi connectivity index (χ1n) is 8.20. The summed E-state index contributed by atoms with van der Waals surface area (Å²) in [4.78, 5) is 13.6. The molecule has 0 N–H and O–H groups in total. The summed E-state index contributed by atoms with van der Waals surface area (Å²) < 4.78 is 16.3. The Morgan fingerprint density at radius 1 is 1.24 bits per heavy atom. The number of hydrogen-bond donors (Lipinski definition) is 0. The van der Waals surface area contributed by atoms with Crippen molar-refractivity contribution < 1.29 is 9.18 Å². The van der Waals surface area contributed by atoms with Gasteiger partial charge in [0.15, 0.2) is 0 Å². The summed E-state index contributed by atoms with van der Waals surface area (Å²) in [7, 11) is 1.83. The van der Waals surface area contributed by atoms with E-state index < -0.39 is 0 Å². The summed E-state index contributed by atoms with van der Waals surface area (Å²) >= 11 is 0. The van der Waals surface area contributed by atoms with Crippen LogP contribution in [0.4, 0.5) is 4.39 Å². The van der Waals surface area contributed by atoms with Crippen molar-refractivity contribution in [2.75, 3.05) is 0 Å². The van der Waals surface area contributed by atoms with Crippen molar-refractivity contribution in [2.45, 2.75) is 19.1 Å². The van der Waals surface area contributed by atoms with Gasteiger partial charge < -0.3 is 4.79 Å². The molecule has 4 rings (SSSR count). The van der Waals surface area contributed by atoms with Gasteiger partial charge >= 0.3 is 0 Å². The summed E-state index contributed by atoms with van der Waals surface area (Å²) in [5, 5.41) is 4.12. The summed E-state index contributed by atoms with van der Waals surface area (Å²) in [6, 6.07) is 12.8. The molecule has 1 aliphatic heterocycles. The standard InChI is InChI=1S/C20H18FN3O/c1-23-10-17(9-22-23)14-6-7-16(19(21)8-14)12-24-11-15-4-2-3-5-18(15)20(24)13-25/h2-10,13,20H,11-12H2,1H3. The van der Waals surface area contributed by atoms with Crippen LogP contribution >= 0.6 is 0 Å². The van der Waals surface area contributed by atoms with Gasteiger partial charge in [-0.25, -0.2) is 4.39 Å². The van der Waals surface area contributed by atoms with Crippen molar-refractivity contribution in [1.82, 2.24) is 14.7 Å². The van der Waals surface area contributed by atoms with Crippen LogP contribution in [-0.4, -0.2) is 21.0 Å². The Bertz CT molecular complexity index is 934. The van der Waals surface area contributed by atoms with Crippen molar-refractivity contribution >= 4 is 6.29 Å². The zero-order valence-electron chi connectivity index (χ0n) is 13.9. The summed E-state index contributed by atoms with van der Waals surface area (Å²) in [6.45, 7) is 1.06. The fourth-order valence-corrected chi connectivity index (χ4v) is 3.44. The van der Waals surface area contributed by atoms with Crippen LogP contribution in [0.15, 0.2) is 54.9 Å². The Hall–Kier alpha value is -2.79. The van der Waals surface area contributed by atoms with Gasteiger partial charge in [-0.3, -0.25) is 9.58 Å². The van der Waals surface area contributed by atoms with Crippen molar-refractivity contribution in [2.24, 2.45) is 7.05 Å². The van der Waals surface area contributed by atoms with Gasteiger partial charge in [-0.1, -0.05) is 36.4 Å². The number of carbonyl (C=O) groups is 1. The lowest BCUT2D eigenvalue weighted by atomic mass is 10.0. The lowest BCUT2D eigenvalue weighted by Crippen LogP contribution is -2.23. The van der Waals surface area contributed by atoms with Crippen LogP contribution < -0.4 is 0 Å². The number of halogens is 1. The first-order chi connectivity index (χ1) is 12.2. The first-order valence-corrected chi connectivity index (χ1v) is 8.20. The fourth-order valence-electron chi connectivity index (χ4n) is 3.44. The highest BCUT2D eigenvalue weighted by molar-refractivity contribution is 5.65. The molecule has 25 heavy (non-hydrogen) atoms. The van der Waals surface area contributed by atoms with Gasteiger partial charge in [0.2, 0.25) is 0 Å². The lowest BCUT2D eigenvalue weighted by Gasteiger charge is -2.21. The van der Waals surface area contributed by atoms with Gasteiger partial charge in [-0.05, 0) is 22.8 Å². The second-order valence-electron chi connectivity index (χ2n) is 6.39. The quantitative estimate of drug-likeness (QED) is 0.685. The van der Waals surface area contributed by atoms with Crippen molar-refractivity contribution in [1.29, 1.82) is 0 Å². The number of aromatic nitrogens is 2. The molecular weight excluding hydrogens is 317 g/mol. The Balaban J connectivity index is 1.58. The topological polar surface area (TPSA) is 38.1 Å². The summed E-state index contributed by atoms with van der Waals surface area (Å²) in [5.74, 6) is -0.262. The molecule has 0 amide bonds. The molecule has 5 heteroatoms. The Labute approximate surface area is 145 Å². The number of fused-ring (bicyclic) bond motifs is 1. The van der Waals surface area contributed by atoms with E-state index in [0.717, 1.165) is 28.5 Å². The van der Waals surface area contributed by atoms with Crippen LogP contribution in [0.2, 0.25) is 0 Å². The molecule has 0 saturated carbocycles. The third-order valence-corrected chi connectivity index (χ3v) is 4.73. The van der Waals surface area contributed by atoms with Crippen LogP contribution in [0.3, 0.4) is 0 Å². The molecular formula is C20H18FN3O. The molecule has 0 bridgehead atoms. The number of benzene rings is 2.